The molecule has 2 aromatic carbocycles. The molecular formula is C19H14ClN3O4. The standard InChI is InChI=1S/C19H14ClN3O4/c20-14-8-4-7-13-16(14)23(18(24)19(13)25-9-10-26-19)11-15-21-22-17(27-15)12-5-2-1-3-6-12/h1-8H,9-11H2. The molecule has 8 heteroatoms. The summed E-state index contributed by atoms with van der Waals surface area (Å²) in [6.45, 7) is 0.748. The fourth-order valence-corrected chi connectivity index (χ4v) is 3.72. The van der Waals surface area contributed by atoms with Crippen molar-refractivity contribution in [3.8, 4) is 11.5 Å². The number of anilines is 1. The zero-order chi connectivity index (χ0) is 18.4. The molecule has 0 bridgehead atoms. The van der Waals surface area contributed by atoms with Crippen molar-refractivity contribution in [2.45, 2.75) is 12.3 Å². The number of rotatable bonds is 3. The summed E-state index contributed by atoms with van der Waals surface area (Å²) in [5.41, 5.74) is 1.95. The molecule has 3 aromatic rings. The van der Waals surface area contributed by atoms with E-state index >= 15 is 0 Å². The van der Waals surface area contributed by atoms with Gasteiger partial charge < -0.3 is 13.9 Å². The summed E-state index contributed by atoms with van der Waals surface area (Å²) in [5, 5.41) is 8.57. The van der Waals surface area contributed by atoms with E-state index in [9.17, 15) is 4.79 Å². The highest BCUT2D eigenvalue weighted by atomic mass is 35.5. The number of hydrogen-bond donors (Lipinski definition) is 0. The van der Waals surface area contributed by atoms with Crippen LogP contribution < -0.4 is 4.90 Å². The molecule has 0 unspecified atom stereocenters. The second-order valence-electron chi connectivity index (χ2n) is 6.21. The van der Waals surface area contributed by atoms with Crippen molar-refractivity contribution >= 4 is 23.2 Å². The van der Waals surface area contributed by atoms with Gasteiger partial charge in [-0.05, 0) is 18.2 Å². The second kappa shape index (κ2) is 6.16. The van der Waals surface area contributed by atoms with Crippen LogP contribution in [0.25, 0.3) is 11.5 Å². The average Bonchev–Trinajstić information content (AvgIpc) is 3.41. The van der Waals surface area contributed by atoms with Gasteiger partial charge in [0.25, 0.3) is 11.7 Å². The maximum absolute atomic E-state index is 13.1. The third kappa shape index (κ3) is 2.47. The van der Waals surface area contributed by atoms with Crippen molar-refractivity contribution in [3.63, 3.8) is 0 Å². The van der Waals surface area contributed by atoms with E-state index in [-0.39, 0.29) is 12.5 Å². The largest absolute Gasteiger partial charge is 0.419 e. The van der Waals surface area contributed by atoms with Crippen LogP contribution in [0, 0.1) is 0 Å². The molecule has 27 heavy (non-hydrogen) atoms. The molecule has 2 aliphatic rings. The number of para-hydroxylation sites is 1. The number of aromatic nitrogens is 2. The number of benzene rings is 2. The van der Waals surface area contributed by atoms with Gasteiger partial charge in [-0.15, -0.1) is 10.2 Å². The van der Waals surface area contributed by atoms with Gasteiger partial charge >= 0.3 is 0 Å². The lowest BCUT2D eigenvalue weighted by atomic mass is 10.1. The first kappa shape index (κ1) is 16.4. The molecule has 1 aromatic heterocycles. The van der Waals surface area contributed by atoms with Crippen LogP contribution in [0.15, 0.2) is 52.9 Å². The molecule has 0 saturated carbocycles. The third-order valence-electron chi connectivity index (χ3n) is 4.61. The molecule has 0 aliphatic carbocycles. The number of ether oxygens (including phenoxy) is 2. The van der Waals surface area contributed by atoms with Gasteiger partial charge in [0.2, 0.25) is 11.8 Å². The zero-order valence-electron chi connectivity index (χ0n) is 14.1. The van der Waals surface area contributed by atoms with Gasteiger partial charge in [-0.2, -0.15) is 0 Å². The first-order valence-corrected chi connectivity index (χ1v) is 8.83. The molecule has 1 spiro atoms. The van der Waals surface area contributed by atoms with Gasteiger partial charge in [0.15, 0.2) is 0 Å². The maximum Gasteiger partial charge on any atom is 0.293 e. The molecule has 136 valence electrons. The number of hydrogen-bond acceptors (Lipinski definition) is 6. The molecule has 0 N–H and O–H groups in total. The van der Waals surface area contributed by atoms with Gasteiger partial charge in [0.1, 0.15) is 6.54 Å². The number of fused-ring (bicyclic) bond motifs is 2. The number of nitrogens with zero attached hydrogens (tertiary/aromatic N) is 3. The van der Waals surface area contributed by atoms with E-state index in [2.05, 4.69) is 10.2 Å². The summed E-state index contributed by atoms with van der Waals surface area (Å²) < 4.78 is 17.1. The molecule has 1 saturated heterocycles. The Kier molecular flexibility index (Phi) is 3.75. The van der Waals surface area contributed by atoms with E-state index < -0.39 is 5.79 Å². The van der Waals surface area contributed by atoms with Crippen molar-refractivity contribution in [2.24, 2.45) is 0 Å². The third-order valence-corrected chi connectivity index (χ3v) is 4.92. The Morgan fingerprint density at radius 2 is 1.81 bits per heavy atom. The first-order chi connectivity index (χ1) is 13.2. The normalized spacial score (nSPS) is 17.7. The predicted molar refractivity (Wildman–Crippen MR) is 96.0 cm³/mol. The zero-order valence-corrected chi connectivity index (χ0v) is 14.8. The smallest absolute Gasteiger partial charge is 0.293 e. The minimum absolute atomic E-state index is 0.0733. The molecular weight excluding hydrogens is 370 g/mol. The Labute approximate surface area is 159 Å². The minimum atomic E-state index is -1.44. The SMILES string of the molecule is O=C1N(Cc2nnc(-c3ccccc3)o2)c2c(Cl)cccc2C12OCCO2. The molecule has 1 amide bonds. The highest BCUT2D eigenvalue weighted by molar-refractivity contribution is 6.34. The summed E-state index contributed by atoms with van der Waals surface area (Å²) in [6.07, 6.45) is 0. The molecule has 1 fully saturated rings. The monoisotopic (exact) mass is 383 g/mol. The Morgan fingerprint density at radius 3 is 2.59 bits per heavy atom. The second-order valence-corrected chi connectivity index (χ2v) is 6.61. The van der Waals surface area contributed by atoms with Crippen molar-refractivity contribution < 1.29 is 18.7 Å². The van der Waals surface area contributed by atoms with Gasteiger partial charge in [-0.25, -0.2) is 0 Å². The van der Waals surface area contributed by atoms with Crippen molar-refractivity contribution in [2.75, 3.05) is 18.1 Å². The lowest BCUT2D eigenvalue weighted by molar-refractivity contribution is -0.180. The van der Waals surface area contributed by atoms with Crippen LogP contribution in [0.1, 0.15) is 11.5 Å². The van der Waals surface area contributed by atoms with Crippen molar-refractivity contribution in [3.05, 3.63) is 65.0 Å². The Hall–Kier alpha value is -2.74. The molecule has 7 nitrogen and oxygen atoms in total. The van der Waals surface area contributed by atoms with E-state index in [1.807, 2.05) is 30.3 Å². The molecule has 5 rings (SSSR count). The van der Waals surface area contributed by atoms with Crippen molar-refractivity contribution in [1.29, 1.82) is 0 Å². The van der Waals surface area contributed by atoms with E-state index in [0.29, 0.717) is 41.3 Å². The van der Waals surface area contributed by atoms with E-state index in [1.54, 1.807) is 18.2 Å². The van der Waals surface area contributed by atoms with Crippen LogP contribution in [0.4, 0.5) is 5.69 Å². The van der Waals surface area contributed by atoms with Gasteiger partial charge in [0, 0.05) is 11.1 Å². The van der Waals surface area contributed by atoms with Crippen LogP contribution in [-0.2, 0) is 26.6 Å². The summed E-state index contributed by atoms with van der Waals surface area (Å²) in [6, 6.07) is 14.7. The van der Waals surface area contributed by atoms with Gasteiger partial charge in [-0.3, -0.25) is 9.69 Å². The van der Waals surface area contributed by atoms with Crippen LogP contribution >= 0.6 is 11.6 Å². The quantitative estimate of drug-likeness (QED) is 0.691. The van der Waals surface area contributed by atoms with E-state index in [1.165, 1.54) is 4.90 Å². The van der Waals surface area contributed by atoms with Crippen LogP contribution in [0.2, 0.25) is 5.02 Å². The summed E-state index contributed by atoms with van der Waals surface area (Å²) in [5.74, 6) is -1.10. The Bertz CT molecular complexity index is 1010. The Balaban J connectivity index is 1.51. The molecule has 2 aliphatic heterocycles. The topological polar surface area (TPSA) is 77.7 Å². The minimum Gasteiger partial charge on any atom is -0.419 e. The number of carbonyl (C=O) groups excluding carboxylic acids is 1. The fourth-order valence-electron chi connectivity index (χ4n) is 3.44. The van der Waals surface area contributed by atoms with Gasteiger partial charge in [0.05, 0.1) is 23.9 Å². The average molecular weight is 384 g/mol. The summed E-state index contributed by atoms with van der Waals surface area (Å²) >= 11 is 6.39. The predicted octanol–water partition coefficient (Wildman–Crippen LogP) is 3.14. The fraction of sp³-hybridized carbons (Fsp3) is 0.211. The lowest BCUT2D eigenvalue weighted by Gasteiger charge is -2.21. The highest BCUT2D eigenvalue weighted by Gasteiger charge is 2.56. The Morgan fingerprint density at radius 1 is 1.04 bits per heavy atom. The van der Waals surface area contributed by atoms with Crippen LogP contribution in [0.5, 0.6) is 0 Å². The highest BCUT2D eigenvalue weighted by Crippen LogP contribution is 2.49. The lowest BCUT2D eigenvalue weighted by Crippen LogP contribution is -2.41. The van der Waals surface area contributed by atoms with Crippen LogP contribution in [-0.4, -0.2) is 29.3 Å². The number of carbonyl (C=O) groups is 1. The number of halogens is 1. The summed E-state index contributed by atoms with van der Waals surface area (Å²) in [7, 11) is 0. The molecule has 0 atom stereocenters. The maximum atomic E-state index is 13.1. The summed E-state index contributed by atoms with van der Waals surface area (Å²) in [4.78, 5) is 14.6. The molecule has 0 radical (unpaired) electrons. The first-order valence-electron chi connectivity index (χ1n) is 8.46. The van der Waals surface area contributed by atoms with Crippen LogP contribution in [0.3, 0.4) is 0 Å². The molecule has 3 heterocycles. The van der Waals surface area contributed by atoms with E-state index in [0.717, 1.165) is 5.56 Å². The van der Waals surface area contributed by atoms with Crippen molar-refractivity contribution in [1.82, 2.24) is 10.2 Å². The van der Waals surface area contributed by atoms with E-state index in [4.69, 9.17) is 25.5 Å². The number of amides is 1. The van der Waals surface area contributed by atoms with Gasteiger partial charge in [-0.1, -0.05) is 41.9 Å².